The number of pyridine rings is 2. The van der Waals surface area contributed by atoms with E-state index in [1.807, 2.05) is 24.4 Å². The number of hydrogen-bond donors (Lipinski definition) is 2. The molecule has 1 saturated heterocycles. The molecule has 0 saturated carbocycles. The maximum atomic E-state index is 11.1. The maximum Gasteiger partial charge on any atom is 0.274 e. The van der Waals surface area contributed by atoms with Crippen LogP contribution in [0.1, 0.15) is 16.5 Å². The highest BCUT2D eigenvalue weighted by molar-refractivity contribution is 7.10. The second-order valence-electron chi connectivity index (χ2n) is 7.42. The summed E-state index contributed by atoms with van der Waals surface area (Å²) in [7, 11) is 0. The van der Waals surface area contributed by atoms with Gasteiger partial charge in [-0.05, 0) is 29.6 Å². The van der Waals surface area contributed by atoms with E-state index in [-0.39, 0.29) is 6.04 Å². The molecule has 0 aliphatic carbocycles. The van der Waals surface area contributed by atoms with Gasteiger partial charge in [-0.25, -0.2) is 4.98 Å². The summed E-state index contributed by atoms with van der Waals surface area (Å²) in [5.74, 6) is 1.48. The first-order valence-electron chi connectivity index (χ1n) is 9.97. The van der Waals surface area contributed by atoms with Gasteiger partial charge in [-0.15, -0.1) is 11.3 Å². The van der Waals surface area contributed by atoms with Crippen molar-refractivity contribution < 1.29 is 15.0 Å². The van der Waals surface area contributed by atoms with Gasteiger partial charge in [0.1, 0.15) is 31.7 Å². The number of fused-ring (bicyclic) bond motifs is 1. The third kappa shape index (κ3) is 3.45. The van der Waals surface area contributed by atoms with E-state index in [1.54, 1.807) is 17.5 Å². The van der Waals surface area contributed by atoms with Crippen LogP contribution >= 0.6 is 11.3 Å². The van der Waals surface area contributed by atoms with Crippen LogP contribution in [-0.2, 0) is 0 Å². The Hall–Kier alpha value is -2.96. The number of aromatic nitrogens is 2. The Kier molecular flexibility index (Phi) is 4.87. The molecule has 1 atom stereocenters. The van der Waals surface area contributed by atoms with E-state index in [1.165, 1.54) is 9.78 Å². The van der Waals surface area contributed by atoms with Crippen molar-refractivity contribution in [1.82, 2.24) is 4.98 Å². The summed E-state index contributed by atoms with van der Waals surface area (Å²) in [6.45, 7) is 3.96. The van der Waals surface area contributed by atoms with Gasteiger partial charge >= 0.3 is 0 Å². The van der Waals surface area contributed by atoms with Crippen LogP contribution in [0.5, 0.6) is 5.75 Å². The number of rotatable bonds is 4. The molecular weight excluding hydrogens is 380 g/mol. The first-order valence-corrected chi connectivity index (χ1v) is 10.9. The van der Waals surface area contributed by atoms with Crippen LogP contribution in [0.15, 0.2) is 72.4 Å². The lowest BCUT2D eigenvalue weighted by atomic mass is 9.99. The lowest BCUT2D eigenvalue weighted by Crippen LogP contribution is -3.15. The Bertz CT molecular complexity index is 1090. The average Bonchev–Trinajstić information content (AvgIpc) is 3.31. The zero-order valence-corrected chi connectivity index (χ0v) is 16.9. The van der Waals surface area contributed by atoms with Gasteiger partial charge in [-0.2, -0.15) is 0 Å². The van der Waals surface area contributed by atoms with Gasteiger partial charge in [0.2, 0.25) is 0 Å². The van der Waals surface area contributed by atoms with Gasteiger partial charge in [0.25, 0.3) is 5.82 Å². The molecule has 1 fully saturated rings. The zero-order valence-electron chi connectivity index (χ0n) is 16.1. The topological polar surface area (TPSA) is 54.9 Å². The molecule has 0 spiro atoms. The third-order valence-electron chi connectivity index (χ3n) is 5.77. The van der Waals surface area contributed by atoms with Crippen molar-refractivity contribution in [2.75, 3.05) is 31.1 Å². The fraction of sp³-hybridized carbons (Fsp3) is 0.217. The number of anilines is 1. The average molecular weight is 405 g/mol. The molecule has 3 aromatic heterocycles. The maximum absolute atomic E-state index is 11.1. The number of phenols is 1. The Balaban J connectivity index is 1.47. The number of aromatic hydroxyl groups is 1. The van der Waals surface area contributed by atoms with Crippen molar-refractivity contribution >= 4 is 28.1 Å². The molecular formula is C23H24N4OS+2. The fourth-order valence-corrected chi connectivity index (χ4v) is 5.21. The number of phenolic OH excluding ortho intramolecular Hbond substituents is 1. The molecule has 5 rings (SSSR count). The van der Waals surface area contributed by atoms with E-state index in [4.69, 9.17) is 0 Å². The van der Waals surface area contributed by atoms with Crippen molar-refractivity contribution in [2.24, 2.45) is 0 Å². The first-order chi connectivity index (χ1) is 14.3. The van der Waals surface area contributed by atoms with Gasteiger partial charge in [0.05, 0.1) is 16.6 Å². The normalized spacial score (nSPS) is 16.2. The van der Waals surface area contributed by atoms with Crippen molar-refractivity contribution in [3.63, 3.8) is 0 Å². The Morgan fingerprint density at radius 1 is 1.03 bits per heavy atom. The summed E-state index contributed by atoms with van der Waals surface area (Å²) < 4.78 is 0. The summed E-state index contributed by atoms with van der Waals surface area (Å²) in [6, 6.07) is 18.7. The molecule has 6 heteroatoms. The van der Waals surface area contributed by atoms with Crippen LogP contribution in [-0.4, -0.2) is 36.3 Å². The van der Waals surface area contributed by atoms with E-state index in [2.05, 4.69) is 56.6 Å². The summed E-state index contributed by atoms with van der Waals surface area (Å²) in [4.78, 5) is 12.9. The van der Waals surface area contributed by atoms with E-state index in [9.17, 15) is 5.11 Å². The number of H-pyrrole nitrogens is 1. The standard InChI is InChI=1S/C23H22N4OS/c28-23-18(9-8-17-5-3-11-25-21(17)23)22(19-6-4-16-29-19)27-14-12-26(13-15-27)20-7-1-2-10-24-20/h1-11,16,22,28H,12-15H2/p+2/t22-/m1/s1. The zero-order chi connectivity index (χ0) is 19.6. The van der Waals surface area contributed by atoms with Gasteiger partial charge in [0.15, 0.2) is 11.8 Å². The second kappa shape index (κ2) is 7.81. The van der Waals surface area contributed by atoms with Crippen molar-refractivity contribution in [2.45, 2.75) is 6.04 Å². The molecule has 5 nitrogen and oxygen atoms in total. The van der Waals surface area contributed by atoms with Crippen LogP contribution in [0.4, 0.5) is 5.82 Å². The SMILES string of the molecule is Oc1c([C@H](c2cccs2)[NH+]2CCN(c3cccc[nH+]3)CC2)ccc2cccnc12. The van der Waals surface area contributed by atoms with Gasteiger partial charge in [-0.1, -0.05) is 24.3 Å². The summed E-state index contributed by atoms with van der Waals surface area (Å²) in [5, 5.41) is 14.2. The number of thiophene rings is 1. The monoisotopic (exact) mass is 404 g/mol. The predicted octanol–water partition coefficient (Wildman–Crippen LogP) is 2.31. The third-order valence-corrected chi connectivity index (χ3v) is 6.70. The number of benzene rings is 1. The molecule has 146 valence electrons. The molecule has 1 aromatic carbocycles. The predicted molar refractivity (Wildman–Crippen MR) is 115 cm³/mol. The van der Waals surface area contributed by atoms with Crippen LogP contribution < -0.4 is 14.8 Å². The van der Waals surface area contributed by atoms with Gasteiger partial charge < -0.3 is 10.0 Å². The minimum Gasteiger partial charge on any atom is -0.505 e. The van der Waals surface area contributed by atoms with Crippen LogP contribution in [0, 0.1) is 0 Å². The van der Waals surface area contributed by atoms with Crippen LogP contribution in [0.3, 0.4) is 0 Å². The number of quaternary nitrogens is 1. The molecule has 0 bridgehead atoms. The molecule has 3 N–H and O–H groups in total. The number of piperazine rings is 1. The summed E-state index contributed by atoms with van der Waals surface area (Å²) in [6.07, 6.45) is 3.72. The van der Waals surface area contributed by atoms with Gasteiger partial charge in [-0.3, -0.25) is 9.88 Å². The minimum atomic E-state index is 0.114. The van der Waals surface area contributed by atoms with E-state index in [0.717, 1.165) is 42.9 Å². The second-order valence-corrected chi connectivity index (χ2v) is 8.40. The minimum absolute atomic E-state index is 0.114. The highest BCUT2D eigenvalue weighted by atomic mass is 32.1. The molecule has 4 aromatic rings. The Morgan fingerprint density at radius 2 is 1.93 bits per heavy atom. The molecule has 0 unspecified atom stereocenters. The number of hydrogen-bond acceptors (Lipinski definition) is 4. The molecule has 29 heavy (non-hydrogen) atoms. The van der Waals surface area contributed by atoms with Crippen molar-refractivity contribution in [3.05, 3.63) is 82.8 Å². The van der Waals surface area contributed by atoms with Crippen LogP contribution in [0.2, 0.25) is 0 Å². The molecule has 1 aliphatic heterocycles. The van der Waals surface area contributed by atoms with Crippen molar-refractivity contribution in [1.29, 1.82) is 0 Å². The van der Waals surface area contributed by atoms with E-state index < -0.39 is 0 Å². The molecule has 0 amide bonds. The highest BCUT2D eigenvalue weighted by Gasteiger charge is 2.35. The van der Waals surface area contributed by atoms with E-state index >= 15 is 0 Å². The van der Waals surface area contributed by atoms with Gasteiger partial charge in [0, 0.05) is 17.6 Å². The Morgan fingerprint density at radius 3 is 2.69 bits per heavy atom. The number of aromatic amines is 1. The quantitative estimate of drug-likeness (QED) is 0.549. The lowest BCUT2D eigenvalue weighted by molar-refractivity contribution is -0.926. The molecule has 0 radical (unpaired) electrons. The van der Waals surface area contributed by atoms with E-state index in [0.29, 0.717) is 11.3 Å². The fourth-order valence-electron chi connectivity index (χ4n) is 4.31. The number of nitrogens with one attached hydrogen (secondary N) is 2. The number of nitrogens with zero attached hydrogens (tertiary/aromatic N) is 2. The van der Waals surface area contributed by atoms with Crippen LogP contribution in [0.25, 0.3) is 10.9 Å². The Labute approximate surface area is 173 Å². The smallest absolute Gasteiger partial charge is 0.274 e. The summed E-state index contributed by atoms with van der Waals surface area (Å²) >= 11 is 1.76. The summed E-state index contributed by atoms with van der Waals surface area (Å²) in [5.41, 5.74) is 1.65. The highest BCUT2D eigenvalue weighted by Crippen LogP contribution is 2.34. The van der Waals surface area contributed by atoms with Crippen molar-refractivity contribution in [3.8, 4) is 5.75 Å². The molecule has 4 heterocycles. The largest absolute Gasteiger partial charge is 0.505 e. The lowest BCUT2D eigenvalue weighted by Gasteiger charge is -2.34. The molecule has 1 aliphatic rings. The first kappa shape index (κ1) is 18.1.